The smallest absolute Gasteiger partial charge is 0.281 e. The zero-order valence-corrected chi connectivity index (χ0v) is 87.2. The maximum atomic E-state index is 18.1. The van der Waals surface area contributed by atoms with Crippen LogP contribution in [-0.2, 0) is 19.2 Å². The number of imidazole rings is 3. The molecule has 35 heteroatoms. The van der Waals surface area contributed by atoms with Gasteiger partial charge in [-0.2, -0.15) is 0 Å². The average Bonchev–Trinajstić information content (AvgIpc) is 0.947. The predicted octanol–water partition coefficient (Wildman–Crippen LogP) is 19.3. The molecule has 0 radical (unpaired) electrons. The molecule has 3 saturated heterocycles. The Kier molecular flexibility index (Phi) is 26.6. The molecule has 4 amide bonds. The van der Waals surface area contributed by atoms with E-state index in [0.717, 1.165) is 51.8 Å². The van der Waals surface area contributed by atoms with Crippen LogP contribution < -0.4 is 46.5 Å². The monoisotopic (exact) mass is 2030 g/mol. The van der Waals surface area contributed by atoms with Crippen molar-refractivity contribution < 1.29 is 32.3 Å². The number of aromatic amines is 3. The number of hydrogen-bond acceptors (Lipinski definition) is 19. The number of halogens is 6. The molecule has 0 bridgehead atoms. The Balaban J connectivity index is 0.000000138. The summed E-state index contributed by atoms with van der Waals surface area (Å²) in [5, 5.41) is 4.77. The lowest BCUT2D eigenvalue weighted by atomic mass is 9.93. The zero-order valence-electron chi connectivity index (χ0n) is 84.9. The molecule has 6 aliphatic heterocycles. The molecule has 754 valence electrons. The largest absolute Gasteiger partial charge is 0.366 e. The van der Waals surface area contributed by atoms with Crippen molar-refractivity contribution in [3.63, 3.8) is 0 Å². The minimum atomic E-state index is -0.825. The number of benzene rings is 6. The van der Waals surface area contributed by atoms with Crippen molar-refractivity contribution in [1.82, 2.24) is 78.2 Å². The van der Waals surface area contributed by atoms with Crippen molar-refractivity contribution in [2.75, 3.05) is 116 Å². The number of hydrogen-bond donors (Lipinski definition) is 4. The van der Waals surface area contributed by atoms with Crippen molar-refractivity contribution in [3.8, 4) is 50.4 Å². The van der Waals surface area contributed by atoms with Gasteiger partial charge >= 0.3 is 0 Å². The average molecular weight is 2030 g/mol. The Bertz CT molecular complexity index is 8220. The van der Waals surface area contributed by atoms with E-state index in [2.05, 4.69) is 84.5 Å². The fourth-order valence-electron chi connectivity index (χ4n) is 22.8. The number of rotatable bonds is 16. The number of anilines is 6. The summed E-state index contributed by atoms with van der Waals surface area (Å²) in [6.45, 7) is 44.7. The van der Waals surface area contributed by atoms with Gasteiger partial charge in [0.2, 0.25) is 23.6 Å². The number of H-pyrrole nitrogens is 3. The number of piperazine rings is 3. The topological polar surface area (TPSA) is 300 Å². The highest BCUT2D eigenvalue weighted by molar-refractivity contribution is 6.37. The van der Waals surface area contributed by atoms with E-state index in [0.29, 0.717) is 169 Å². The number of aryl methyl sites for hydroxylation is 6. The van der Waals surface area contributed by atoms with Crippen molar-refractivity contribution >= 4 is 158 Å². The van der Waals surface area contributed by atoms with Crippen molar-refractivity contribution in [3.05, 3.63) is 262 Å². The number of carbonyl (C=O) groups is 4. The normalized spacial score (nSPS) is 17.6. The van der Waals surface area contributed by atoms with Gasteiger partial charge in [0.15, 0.2) is 17.5 Å². The zero-order chi connectivity index (χ0) is 104. The van der Waals surface area contributed by atoms with Crippen LogP contribution >= 0.6 is 34.8 Å². The molecule has 15 aromatic rings. The van der Waals surface area contributed by atoms with Gasteiger partial charge in [0.1, 0.15) is 23.1 Å². The minimum absolute atomic E-state index is 0.00485. The van der Waals surface area contributed by atoms with E-state index in [9.17, 15) is 24.0 Å². The fraction of sp³-hybridized carbons (Fsp3) is 0.342. The number of aromatic nitrogens is 12. The van der Waals surface area contributed by atoms with Crippen LogP contribution in [0, 0.1) is 59.0 Å². The fourth-order valence-corrected chi connectivity index (χ4v) is 23.7. The van der Waals surface area contributed by atoms with Gasteiger partial charge in [0.05, 0.1) is 154 Å². The van der Waals surface area contributed by atoms with Crippen LogP contribution in [0.1, 0.15) is 137 Å². The molecule has 6 aromatic carbocycles. The summed E-state index contributed by atoms with van der Waals surface area (Å²) in [4.78, 5) is 152. The molecule has 6 unspecified atom stereocenters. The molecule has 0 spiro atoms. The Labute approximate surface area is 857 Å². The van der Waals surface area contributed by atoms with Crippen LogP contribution in [0.3, 0.4) is 0 Å². The summed E-state index contributed by atoms with van der Waals surface area (Å²) in [7, 11) is 5.93. The van der Waals surface area contributed by atoms with E-state index in [1.807, 2.05) is 194 Å². The van der Waals surface area contributed by atoms with E-state index >= 15 is 22.8 Å². The van der Waals surface area contributed by atoms with Gasteiger partial charge in [-0.25, -0.2) is 28.1 Å². The maximum absolute atomic E-state index is 18.1. The molecule has 146 heavy (non-hydrogen) atoms. The Morgan fingerprint density at radius 2 is 0.781 bits per heavy atom. The first kappa shape index (κ1) is 100. The number of fused-ring (bicyclic) bond motifs is 18. The maximum Gasteiger partial charge on any atom is 0.281 e. The third-order valence-electron chi connectivity index (χ3n) is 29.7. The first-order chi connectivity index (χ1) is 69.7. The predicted molar refractivity (Wildman–Crippen MR) is 578 cm³/mol. The number of likely N-dealkylation sites (N-methyl/N-ethyl adjacent to an activating group) is 1. The second-order valence-corrected chi connectivity index (χ2v) is 41.7. The highest BCUT2D eigenvalue weighted by Crippen LogP contribution is 2.53. The van der Waals surface area contributed by atoms with Gasteiger partial charge in [0.25, 0.3) is 16.7 Å². The second-order valence-electron chi connectivity index (χ2n) is 40.5. The van der Waals surface area contributed by atoms with E-state index in [-0.39, 0.29) is 144 Å². The molecule has 9 aromatic heterocycles. The quantitative estimate of drug-likeness (QED) is 0.0653. The molecular weight excluding hydrogens is 1920 g/mol. The minimum Gasteiger partial charge on any atom is -0.366 e. The Hall–Kier alpha value is -14.5. The van der Waals surface area contributed by atoms with Crippen molar-refractivity contribution in [2.45, 2.75) is 164 Å². The van der Waals surface area contributed by atoms with Crippen LogP contribution in [0.4, 0.5) is 47.3 Å². The number of pyridine rings is 6. The molecule has 4 N–H and O–H groups in total. The van der Waals surface area contributed by atoms with Gasteiger partial charge in [-0.3, -0.25) is 62.2 Å². The van der Waals surface area contributed by atoms with E-state index in [1.165, 1.54) is 27.4 Å². The molecule has 6 aliphatic rings. The molecular formula is C111H116Cl3F3N22O7. The van der Waals surface area contributed by atoms with Crippen molar-refractivity contribution in [1.29, 1.82) is 0 Å². The van der Waals surface area contributed by atoms with Crippen molar-refractivity contribution in [2.24, 2.45) is 0 Å². The summed E-state index contributed by atoms with van der Waals surface area (Å²) in [5.74, 6) is -3.14. The van der Waals surface area contributed by atoms with Crippen LogP contribution in [0.25, 0.3) is 116 Å². The molecule has 3 fully saturated rings. The van der Waals surface area contributed by atoms with E-state index in [1.54, 1.807) is 70.1 Å². The lowest BCUT2D eigenvalue weighted by Gasteiger charge is -2.52. The summed E-state index contributed by atoms with van der Waals surface area (Å²) in [5.41, 5.74) is 15.9. The number of nitrogens with zero attached hydrogens (tertiary/aromatic N) is 18. The van der Waals surface area contributed by atoms with Crippen LogP contribution in [0.15, 0.2) is 163 Å². The number of amides is 4. The first-order valence-corrected chi connectivity index (χ1v) is 50.3. The summed E-state index contributed by atoms with van der Waals surface area (Å²) >= 11 is 21.4. The van der Waals surface area contributed by atoms with Gasteiger partial charge < -0.3 is 64.4 Å². The third kappa shape index (κ3) is 16.5. The van der Waals surface area contributed by atoms with Crippen LogP contribution in [0.5, 0.6) is 0 Å². The number of nitrogens with one attached hydrogen (secondary N) is 4. The molecule has 29 nitrogen and oxygen atoms in total. The summed E-state index contributed by atoms with van der Waals surface area (Å²) in [6.07, 6.45) is 14.5. The Morgan fingerprint density at radius 3 is 1.16 bits per heavy atom. The molecule has 15 heterocycles. The number of carbonyl (C=O) groups excluding carboxylic acids is 4. The first-order valence-electron chi connectivity index (χ1n) is 49.2. The van der Waals surface area contributed by atoms with E-state index < -0.39 is 35.0 Å². The lowest BCUT2D eigenvalue weighted by Crippen LogP contribution is -2.64. The molecule has 0 saturated carbocycles. The van der Waals surface area contributed by atoms with E-state index in [4.69, 9.17) is 39.8 Å². The van der Waals surface area contributed by atoms with Gasteiger partial charge in [-0.05, 0) is 213 Å². The summed E-state index contributed by atoms with van der Waals surface area (Å²) in [6, 6.07) is 20.3. The SMILES string of the molecule is C=CC(=O)N1CC2C(=O)Nc3c(c4cc(Cl)c(-c5c(C)ccc6[nH]cnc56)c(F)c4n(-c4c(C)ccnc4C(C)C)c3=O)N2CC1C.C=CC(=O)N1CC2CN(C)c3c(c4cc(Cl)c(-c5c(C)ccc6[nH]cnc56)c(F)c4n(-c4c(C)ccnc4C(C)C)c3=O)N2CC1C.C=CC(=O)N1CC2CN(CCCN(C)C)c3c(c4cc(Cl)c(-c5c(C)ccc6[nH]cnc56)c(F)c4n(-c4c(C)ccnc4C(C)C)c3=O)N2CC1C. The molecule has 6 atom stereocenters. The lowest BCUT2D eigenvalue weighted by molar-refractivity contribution is -0.131. The van der Waals surface area contributed by atoms with Gasteiger partial charge in [-0.1, -0.05) is 114 Å². The Morgan fingerprint density at radius 1 is 0.432 bits per heavy atom. The second kappa shape index (κ2) is 38.8. The standard InChI is InChI=1S/C40H46ClFN8O2.C36H37ClFN7O2.C35H33ClFN7O3/c1-9-30(51)48-20-26-19-47(16-10-15-46(7)8)39-38(49(26)18-25(48)6)27-17-28(41)32(31-23(4)11-12-29-35(31)45-21-44-29)33(42)37(27)50(40(39)52)36-24(5)13-14-43-34(36)22(2)3;1-8-26(46)43-16-22-15-42(7)35-34(44(22)14-21(43)6)23-13-24(37)28(27-19(4)9-10-25-31(27)41-17-40-25)29(38)33(23)45(36(35)47)32-20(5)11-12-39-30(32)18(2)3;1-7-24(45)42-14-23-34(46)41-30-33(43(23)13-19(42)6)20-12-21(36)26(25-17(4)8-9-22-29(25)40-15-39-22)27(37)32(20)44(35(30)47)31-18(5)10-11-38-28(31)16(2)3/h9,11-14,17,21-22,25-26H,1,10,15-16,18-20H2,2-8H3,(H,44,45);8-13,17-18,21-22H,1,14-16H2,2-7H3,(H,40,41);7-12,15-16,19,23H,1,13-14H2,2-6H3,(H,39,40)(H,41,46). The molecule has 21 rings (SSSR count). The van der Waals surface area contributed by atoms with Crippen LogP contribution in [0.2, 0.25) is 15.1 Å². The van der Waals surface area contributed by atoms with Gasteiger partial charge in [0, 0.05) is 146 Å². The highest BCUT2D eigenvalue weighted by atomic mass is 35.5. The summed E-state index contributed by atoms with van der Waals surface area (Å²) < 4.78 is 58.0. The van der Waals surface area contributed by atoms with Gasteiger partial charge in [-0.15, -0.1) is 0 Å². The highest BCUT2D eigenvalue weighted by Gasteiger charge is 2.49. The third-order valence-corrected chi connectivity index (χ3v) is 30.6. The van der Waals surface area contributed by atoms with Crippen LogP contribution in [-0.4, -0.2) is 225 Å². The molecule has 0 aliphatic carbocycles.